The Labute approximate surface area is 91.8 Å². The number of alkyl halides is 4. The third-order valence-electron chi connectivity index (χ3n) is 1.61. The zero-order valence-corrected chi connectivity index (χ0v) is 9.89. The van der Waals surface area contributed by atoms with E-state index in [0.717, 1.165) is 14.4 Å². The molecule has 0 saturated heterocycles. The van der Waals surface area contributed by atoms with Crippen molar-refractivity contribution >= 4 is 0 Å². The molecule has 0 amide bonds. The molecule has 0 aliphatic rings. The van der Waals surface area contributed by atoms with E-state index in [1.54, 1.807) is 12.1 Å². The summed E-state index contributed by atoms with van der Waals surface area (Å²) in [6.45, 7) is 2.09. The maximum absolute atomic E-state index is 12.2. The SMILES string of the molecule is CCC[I-]c1ccc(C(F)(F)F)cc1. The third-order valence-corrected chi connectivity index (χ3v) is 4.83. The van der Waals surface area contributed by atoms with E-state index in [2.05, 4.69) is 6.92 Å². The molecule has 80 valence electrons. The van der Waals surface area contributed by atoms with Gasteiger partial charge in [0.2, 0.25) is 0 Å². The Morgan fingerprint density at radius 2 is 1.71 bits per heavy atom. The molecule has 14 heavy (non-hydrogen) atoms. The molecule has 0 aliphatic heterocycles. The summed E-state index contributed by atoms with van der Waals surface area (Å²) in [4.78, 5) is 0. The molecule has 0 nitrogen and oxygen atoms in total. The van der Waals surface area contributed by atoms with Crippen LogP contribution in [0.25, 0.3) is 0 Å². The fourth-order valence-electron chi connectivity index (χ4n) is 0.932. The molecule has 0 fully saturated rings. The Morgan fingerprint density at radius 1 is 1.14 bits per heavy atom. The first kappa shape index (κ1) is 11.8. The first-order valence-electron chi connectivity index (χ1n) is 4.30. The van der Waals surface area contributed by atoms with Gasteiger partial charge >= 0.3 is 91.7 Å². The topological polar surface area (TPSA) is 0 Å². The van der Waals surface area contributed by atoms with Crippen LogP contribution in [-0.4, -0.2) is 4.43 Å². The minimum absolute atomic E-state index is 0.0901. The van der Waals surface area contributed by atoms with E-state index in [4.69, 9.17) is 0 Å². The van der Waals surface area contributed by atoms with Crippen LogP contribution in [0, 0.1) is 3.57 Å². The fraction of sp³-hybridized carbons (Fsp3) is 0.400. The van der Waals surface area contributed by atoms with Crippen LogP contribution in [0.3, 0.4) is 0 Å². The molecule has 0 aromatic heterocycles. The first-order chi connectivity index (χ1) is 6.54. The Kier molecular flexibility index (Phi) is 4.22. The van der Waals surface area contributed by atoms with Crippen molar-refractivity contribution < 1.29 is 34.4 Å². The molecule has 0 spiro atoms. The van der Waals surface area contributed by atoms with Gasteiger partial charge in [0.15, 0.2) is 0 Å². The van der Waals surface area contributed by atoms with Crippen LogP contribution in [0.1, 0.15) is 18.9 Å². The number of hydrogen-bond acceptors (Lipinski definition) is 0. The van der Waals surface area contributed by atoms with Gasteiger partial charge in [-0.3, -0.25) is 0 Å². The van der Waals surface area contributed by atoms with Crippen molar-refractivity contribution in [1.29, 1.82) is 0 Å². The van der Waals surface area contributed by atoms with Crippen molar-refractivity contribution in [2.75, 3.05) is 4.43 Å². The number of rotatable bonds is 3. The van der Waals surface area contributed by atoms with Gasteiger partial charge < -0.3 is 0 Å². The first-order valence-corrected chi connectivity index (χ1v) is 6.91. The summed E-state index contributed by atoms with van der Waals surface area (Å²) in [6.07, 6.45) is -3.10. The van der Waals surface area contributed by atoms with Crippen LogP contribution in [0.15, 0.2) is 24.3 Å². The van der Waals surface area contributed by atoms with Crippen molar-refractivity contribution in [2.45, 2.75) is 19.5 Å². The molecule has 1 rings (SSSR count). The van der Waals surface area contributed by atoms with Crippen LogP contribution < -0.4 is 21.2 Å². The van der Waals surface area contributed by atoms with Crippen LogP contribution >= 0.6 is 0 Å². The Bertz CT molecular complexity index is 276. The summed E-state index contributed by atoms with van der Waals surface area (Å²) < 4.78 is 38.8. The molecule has 0 saturated carbocycles. The summed E-state index contributed by atoms with van der Waals surface area (Å²) in [5.74, 6) is 0. The van der Waals surface area contributed by atoms with Gasteiger partial charge in [0, 0.05) is 0 Å². The Morgan fingerprint density at radius 3 is 2.14 bits per heavy atom. The standard InChI is InChI=1S/C10H11F3I/c1-2-7-14-9-5-3-8(4-6-9)10(11,12)13/h3-6H,2,7H2,1H3/q-1. The van der Waals surface area contributed by atoms with Gasteiger partial charge in [0.1, 0.15) is 0 Å². The van der Waals surface area contributed by atoms with Gasteiger partial charge in [0.25, 0.3) is 0 Å². The van der Waals surface area contributed by atoms with Crippen LogP contribution in [0.2, 0.25) is 0 Å². The molecule has 4 heteroatoms. The number of hydrogen-bond donors (Lipinski definition) is 0. The number of benzene rings is 1. The van der Waals surface area contributed by atoms with Crippen LogP contribution in [-0.2, 0) is 6.18 Å². The molecule has 0 radical (unpaired) electrons. The van der Waals surface area contributed by atoms with E-state index in [0.29, 0.717) is 0 Å². The monoisotopic (exact) mass is 315 g/mol. The molecule has 1 aromatic rings. The van der Waals surface area contributed by atoms with Crippen LogP contribution in [0.5, 0.6) is 0 Å². The predicted molar refractivity (Wildman–Crippen MR) is 45.3 cm³/mol. The van der Waals surface area contributed by atoms with E-state index in [-0.39, 0.29) is 21.2 Å². The Balaban J connectivity index is 2.69. The molecular formula is C10H11F3I-. The molecule has 0 N–H and O–H groups in total. The maximum atomic E-state index is 12.2. The Hall–Kier alpha value is -0.260. The average molecular weight is 315 g/mol. The average Bonchev–Trinajstić information content (AvgIpc) is 2.14. The van der Waals surface area contributed by atoms with Crippen molar-refractivity contribution in [2.24, 2.45) is 0 Å². The number of halogens is 4. The summed E-state index contributed by atoms with van der Waals surface area (Å²) in [7, 11) is 0. The minimum atomic E-state index is -4.21. The second kappa shape index (κ2) is 5.00. The molecule has 1 aromatic carbocycles. The van der Waals surface area contributed by atoms with Crippen molar-refractivity contribution in [3.05, 3.63) is 33.4 Å². The summed E-state index contributed by atoms with van der Waals surface area (Å²) in [6, 6.07) is 5.55. The summed E-state index contributed by atoms with van der Waals surface area (Å²) in [5.41, 5.74) is -0.554. The van der Waals surface area contributed by atoms with Gasteiger partial charge in [-0.15, -0.1) is 0 Å². The van der Waals surface area contributed by atoms with Gasteiger partial charge in [-0.1, -0.05) is 0 Å². The fourth-order valence-corrected chi connectivity index (χ4v) is 2.96. The van der Waals surface area contributed by atoms with Gasteiger partial charge in [-0.05, 0) is 0 Å². The quantitative estimate of drug-likeness (QED) is 0.559. The van der Waals surface area contributed by atoms with E-state index < -0.39 is 11.7 Å². The molecule has 0 unspecified atom stereocenters. The normalized spacial score (nSPS) is 12.0. The van der Waals surface area contributed by atoms with E-state index >= 15 is 0 Å². The van der Waals surface area contributed by atoms with Gasteiger partial charge in [-0.25, -0.2) is 0 Å². The second-order valence-corrected chi connectivity index (χ2v) is 5.91. The van der Waals surface area contributed by atoms with E-state index in [1.807, 2.05) is 0 Å². The van der Waals surface area contributed by atoms with Crippen molar-refractivity contribution in [3.8, 4) is 0 Å². The van der Waals surface area contributed by atoms with Gasteiger partial charge in [-0.2, -0.15) is 0 Å². The molecule has 0 aliphatic carbocycles. The van der Waals surface area contributed by atoms with E-state index in [9.17, 15) is 13.2 Å². The summed E-state index contributed by atoms with van der Waals surface area (Å²) >= 11 is -0.0901. The van der Waals surface area contributed by atoms with Gasteiger partial charge in [0.05, 0.1) is 0 Å². The summed E-state index contributed by atoms with van der Waals surface area (Å²) in [5, 5.41) is 0. The predicted octanol–water partition coefficient (Wildman–Crippen LogP) is 0.374. The van der Waals surface area contributed by atoms with Crippen molar-refractivity contribution in [3.63, 3.8) is 0 Å². The van der Waals surface area contributed by atoms with E-state index in [1.165, 1.54) is 12.1 Å². The third kappa shape index (κ3) is 3.48. The molecule has 0 atom stereocenters. The molecule has 0 bridgehead atoms. The van der Waals surface area contributed by atoms with Crippen molar-refractivity contribution in [1.82, 2.24) is 0 Å². The zero-order valence-electron chi connectivity index (χ0n) is 7.74. The second-order valence-electron chi connectivity index (χ2n) is 2.83. The van der Waals surface area contributed by atoms with Crippen LogP contribution in [0.4, 0.5) is 13.2 Å². The molecule has 0 heterocycles. The molecular weight excluding hydrogens is 304 g/mol. The zero-order chi connectivity index (χ0) is 10.6.